The Balaban J connectivity index is 2.84. The van der Waals surface area contributed by atoms with Gasteiger partial charge in [-0.25, -0.2) is 0 Å². The van der Waals surface area contributed by atoms with E-state index in [1.165, 1.54) is 22.4 Å². The zero-order valence-electron chi connectivity index (χ0n) is 9.52. The minimum Gasteiger partial charge on any atom is -0.362 e. The summed E-state index contributed by atoms with van der Waals surface area (Å²) in [5.41, 5.74) is 5.18. The maximum atomic E-state index is 3.30. The second-order valence-corrected chi connectivity index (χ2v) is 3.87. The fraction of sp³-hybridized carbons (Fsp3) is 0.385. The fourth-order valence-corrected chi connectivity index (χ4v) is 1.33. The number of benzene rings is 1. The van der Waals surface area contributed by atoms with Crippen LogP contribution >= 0.6 is 0 Å². The highest BCUT2D eigenvalue weighted by Crippen LogP contribution is 2.17. The molecule has 0 amide bonds. The molecular weight excluding hydrogens is 170 g/mol. The van der Waals surface area contributed by atoms with E-state index in [0.717, 1.165) is 6.42 Å². The van der Waals surface area contributed by atoms with E-state index < -0.39 is 0 Å². The van der Waals surface area contributed by atoms with Crippen LogP contribution in [0.2, 0.25) is 0 Å². The average Bonchev–Trinajstić information content (AvgIpc) is 2.15. The molecule has 0 unspecified atom stereocenters. The molecule has 1 N–H and O–H groups in total. The van der Waals surface area contributed by atoms with E-state index in [1.54, 1.807) is 0 Å². The lowest BCUT2D eigenvalue weighted by Gasteiger charge is -2.07. The average molecular weight is 189 g/mol. The molecule has 14 heavy (non-hydrogen) atoms. The van der Waals surface area contributed by atoms with Crippen LogP contribution in [0.3, 0.4) is 0 Å². The second-order valence-electron chi connectivity index (χ2n) is 3.87. The Bertz CT molecular complexity index is 333. The van der Waals surface area contributed by atoms with Crippen molar-refractivity contribution in [1.29, 1.82) is 0 Å². The maximum absolute atomic E-state index is 3.30. The predicted octanol–water partition coefficient (Wildman–Crippen LogP) is 3.89. The minimum absolute atomic E-state index is 1.10. The van der Waals surface area contributed by atoms with Crippen LogP contribution in [0.25, 0.3) is 0 Å². The van der Waals surface area contributed by atoms with Crippen LogP contribution < -0.4 is 5.32 Å². The zero-order valence-corrected chi connectivity index (χ0v) is 9.52. The highest BCUT2D eigenvalue weighted by Gasteiger charge is 1.96. The number of nitrogens with one attached hydrogen (secondary N) is 1. The summed E-state index contributed by atoms with van der Waals surface area (Å²) in [6.07, 6.45) is 3.14. The highest BCUT2D eigenvalue weighted by molar-refractivity contribution is 5.54. The van der Waals surface area contributed by atoms with Gasteiger partial charge < -0.3 is 5.32 Å². The largest absolute Gasteiger partial charge is 0.362 e. The topological polar surface area (TPSA) is 12.0 Å². The number of hydrogen-bond donors (Lipinski definition) is 1. The van der Waals surface area contributed by atoms with Crippen LogP contribution in [0.5, 0.6) is 0 Å². The van der Waals surface area contributed by atoms with Crippen LogP contribution in [0.4, 0.5) is 5.69 Å². The van der Waals surface area contributed by atoms with E-state index in [-0.39, 0.29) is 0 Å². The summed E-state index contributed by atoms with van der Waals surface area (Å²) in [6, 6.07) is 6.56. The molecule has 0 heterocycles. The molecule has 0 saturated carbocycles. The molecule has 0 saturated heterocycles. The van der Waals surface area contributed by atoms with Gasteiger partial charge in [0.2, 0.25) is 0 Å². The van der Waals surface area contributed by atoms with E-state index in [4.69, 9.17) is 0 Å². The Morgan fingerprint density at radius 3 is 2.57 bits per heavy atom. The van der Waals surface area contributed by atoms with Crippen molar-refractivity contribution in [3.63, 3.8) is 0 Å². The standard InChI is InChI=1S/C13H19N/c1-5-12-6-7-13(11(4)8-12)14-9-10(2)3/h6-9,14H,5H2,1-4H3. The van der Waals surface area contributed by atoms with Crippen LogP contribution in [-0.2, 0) is 6.42 Å². The lowest BCUT2D eigenvalue weighted by atomic mass is 10.1. The van der Waals surface area contributed by atoms with Crippen molar-refractivity contribution in [2.45, 2.75) is 34.1 Å². The number of allylic oxidation sites excluding steroid dienone is 1. The summed E-state index contributed by atoms with van der Waals surface area (Å²) < 4.78 is 0. The summed E-state index contributed by atoms with van der Waals surface area (Å²) in [5, 5.41) is 3.30. The van der Waals surface area contributed by atoms with Crippen molar-refractivity contribution in [3.05, 3.63) is 41.1 Å². The van der Waals surface area contributed by atoms with Crippen molar-refractivity contribution < 1.29 is 0 Å². The van der Waals surface area contributed by atoms with Gasteiger partial charge in [0.1, 0.15) is 0 Å². The first-order chi connectivity index (χ1) is 6.63. The number of aryl methyl sites for hydroxylation is 2. The van der Waals surface area contributed by atoms with Crippen LogP contribution in [0.1, 0.15) is 31.9 Å². The van der Waals surface area contributed by atoms with E-state index in [2.05, 4.69) is 51.2 Å². The molecule has 0 aromatic heterocycles. The quantitative estimate of drug-likeness (QED) is 0.760. The van der Waals surface area contributed by atoms with Gasteiger partial charge in [0, 0.05) is 5.69 Å². The molecule has 1 aromatic rings. The second kappa shape index (κ2) is 4.85. The molecule has 0 aliphatic rings. The normalized spacial score (nSPS) is 9.71. The number of anilines is 1. The Hall–Kier alpha value is -1.24. The van der Waals surface area contributed by atoms with Crippen LogP contribution in [0.15, 0.2) is 30.0 Å². The monoisotopic (exact) mass is 189 g/mol. The van der Waals surface area contributed by atoms with Crippen molar-refractivity contribution in [2.24, 2.45) is 0 Å². The van der Waals surface area contributed by atoms with Crippen LogP contribution in [0, 0.1) is 6.92 Å². The summed E-state index contributed by atoms with van der Waals surface area (Å²) >= 11 is 0. The third-order valence-corrected chi connectivity index (χ3v) is 2.22. The van der Waals surface area contributed by atoms with Gasteiger partial charge >= 0.3 is 0 Å². The third-order valence-electron chi connectivity index (χ3n) is 2.22. The molecule has 0 bridgehead atoms. The number of hydrogen-bond acceptors (Lipinski definition) is 1. The van der Waals surface area contributed by atoms with Crippen LogP contribution in [-0.4, -0.2) is 0 Å². The van der Waals surface area contributed by atoms with Gasteiger partial charge in [-0.05, 0) is 50.6 Å². The van der Waals surface area contributed by atoms with Gasteiger partial charge in [-0.15, -0.1) is 0 Å². The fourth-order valence-electron chi connectivity index (χ4n) is 1.33. The molecule has 0 aliphatic heterocycles. The molecule has 0 aliphatic carbocycles. The van der Waals surface area contributed by atoms with E-state index in [0.29, 0.717) is 0 Å². The minimum atomic E-state index is 1.10. The van der Waals surface area contributed by atoms with E-state index in [1.807, 2.05) is 6.20 Å². The molecule has 1 rings (SSSR count). The number of rotatable bonds is 3. The van der Waals surface area contributed by atoms with Crippen molar-refractivity contribution >= 4 is 5.69 Å². The molecule has 1 aromatic carbocycles. The molecule has 0 fully saturated rings. The smallest absolute Gasteiger partial charge is 0.0409 e. The molecule has 76 valence electrons. The van der Waals surface area contributed by atoms with Gasteiger partial charge in [-0.1, -0.05) is 24.6 Å². The lowest BCUT2D eigenvalue weighted by Crippen LogP contribution is -1.93. The van der Waals surface area contributed by atoms with Crippen molar-refractivity contribution in [3.8, 4) is 0 Å². The first-order valence-electron chi connectivity index (χ1n) is 5.13. The van der Waals surface area contributed by atoms with Gasteiger partial charge in [0.05, 0.1) is 0 Å². The molecule has 0 spiro atoms. The van der Waals surface area contributed by atoms with Gasteiger partial charge in [-0.2, -0.15) is 0 Å². The van der Waals surface area contributed by atoms with Crippen molar-refractivity contribution in [2.75, 3.05) is 5.32 Å². The summed E-state index contributed by atoms with van der Waals surface area (Å²) in [4.78, 5) is 0. The summed E-state index contributed by atoms with van der Waals surface area (Å²) in [7, 11) is 0. The lowest BCUT2D eigenvalue weighted by molar-refractivity contribution is 1.13. The predicted molar refractivity (Wildman–Crippen MR) is 63.6 cm³/mol. The Morgan fingerprint density at radius 2 is 2.07 bits per heavy atom. The Labute approximate surface area is 86.8 Å². The van der Waals surface area contributed by atoms with Gasteiger partial charge in [0.25, 0.3) is 0 Å². The molecule has 0 atom stereocenters. The highest BCUT2D eigenvalue weighted by atomic mass is 14.8. The maximum Gasteiger partial charge on any atom is 0.0409 e. The zero-order chi connectivity index (χ0) is 10.6. The molecule has 1 nitrogen and oxygen atoms in total. The molecular formula is C13H19N. The van der Waals surface area contributed by atoms with E-state index in [9.17, 15) is 0 Å². The molecule has 0 radical (unpaired) electrons. The van der Waals surface area contributed by atoms with Gasteiger partial charge in [0.15, 0.2) is 0 Å². The SMILES string of the molecule is CCc1ccc(NC=C(C)C)c(C)c1. The van der Waals surface area contributed by atoms with Crippen molar-refractivity contribution in [1.82, 2.24) is 0 Å². The van der Waals surface area contributed by atoms with E-state index >= 15 is 0 Å². The Kier molecular flexibility index (Phi) is 3.75. The summed E-state index contributed by atoms with van der Waals surface area (Å²) in [5.74, 6) is 0. The third kappa shape index (κ3) is 2.91. The molecule has 1 heteroatoms. The first-order valence-corrected chi connectivity index (χ1v) is 5.13. The summed E-state index contributed by atoms with van der Waals surface area (Å²) in [6.45, 7) is 8.49. The Morgan fingerprint density at radius 1 is 1.36 bits per heavy atom. The first kappa shape index (κ1) is 10.8. The van der Waals surface area contributed by atoms with Gasteiger partial charge in [-0.3, -0.25) is 0 Å².